The summed E-state index contributed by atoms with van der Waals surface area (Å²) in [6.45, 7) is 2.32. The predicted molar refractivity (Wildman–Crippen MR) is 76.2 cm³/mol. The average molecular weight is 272 g/mol. The van der Waals surface area contributed by atoms with E-state index < -0.39 is 6.04 Å². The number of carbonyl (C=O) groups excluding carboxylic acids is 2. The molecule has 1 aliphatic heterocycles. The molecule has 20 heavy (non-hydrogen) atoms. The third-order valence-corrected chi connectivity index (χ3v) is 4.37. The van der Waals surface area contributed by atoms with Gasteiger partial charge in [-0.25, -0.2) is 0 Å². The third-order valence-electron chi connectivity index (χ3n) is 4.37. The second-order valence-corrected chi connectivity index (χ2v) is 5.74. The van der Waals surface area contributed by atoms with E-state index in [9.17, 15) is 9.59 Å². The van der Waals surface area contributed by atoms with Gasteiger partial charge in [-0.3, -0.25) is 9.59 Å². The van der Waals surface area contributed by atoms with E-state index in [-0.39, 0.29) is 17.9 Å². The standard InChI is InChI=1S/C16H20N2O2/c1-11-16(20)18(9-8-15(19)17-11)14-7-6-12-4-2-3-5-13(12)10-14/h2-5,11,14H,6-10H2,1H3,(H,17,19). The Labute approximate surface area is 119 Å². The van der Waals surface area contributed by atoms with E-state index in [1.165, 1.54) is 11.1 Å². The molecule has 4 nitrogen and oxygen atoms in total. The summed E-state index contributed by atoms with van der Waals surface area (Å²) in [6.07, 6.45) is 3.32. The van der Waals surface area contributed by atoms with Crippen molar-refractivity contribution in [2.75, 3.05) is 6.54 Å². The number of hydrogen-bond donors (Lipinski definition) is 1. The molecular formula is C16H20N2O2. The molecule has 2 atom stereocenters. The Kier molecular flexibility index (Phi) is 3.47. The molecule has 1 aliphatic carbocycles. The zero-order valence-electron chi connectivity index (χ0n) is 11.8. The molecule has 2 unspecified atom stereocenters. The van der Waals surface area contributed by atoms with Crippen molar-refractivity contribution in [3.63, 3.8) is 0 Å². The zero-order valence-corrected chi connectivity index (χ0v) is 11.8. The van der Waals surface area contributed by atoms with E-state index in [0.29, 0.717) is 13.0 Å². The Morgan fingerprint density at radius 3 is 2.70 bits per heavy atom. The largest absolute Gasteiger partial charge is 0.345 e. The van der Waals surface area contributed by atoms with Gasteiger partial charge < -0.3 is 10.2 Å². The Bertz CT molecular complexity index is 541. The second-order valence-electron chi connectivity index (χ2n) is 5.74. The van der Waals surface area contributed by atoms with Gasteiger partial charge in [0.05, 0.1) is 0 Å². The lowest BCUT2D eigenvalue weighted by Gasteiger charge is -2.35. The van der Waals surface area contributed by atoms with Gasteiger partial charge in [0, 0.05) is 19.0 Å². The zero-order chi connectivity index (χ0) is 14.1. The summed E-state index contributed by atoms with van der Waals surface area (Å²) >= 11 is 0. The molecule has 106 valence electrons. The summed E-state index contributed by atoms with van der Waals surface area (Å²) in [7, 11) is 0. The fraction of sp³-hybridized carbons (Fsp3) is 0.500. The molecule has 1 saturated heterocycles. The summed E-state index contributed by atoms with van der Waals surface area (Å²) in [6, 6.07) is 8.27. The summed E-state index contributed by atoms with van der Waals surface area (Å²) in [4.78, 5) is 25.9. The second kappa shape index (κ2) is 5.27. The van der Waals surface area contributed by atoms with Gasteiger partial charge in [0.2, 0.25) is 11.8 Å². The first-order chi connectivity index (χ1) is 9.65. The van der Waals surface area contributed by atoms with Gasteiger partial charge in [-0.05, 0) is 37.3 Å². The van der Waals surface area contributed by atoms with Crippen molar-refractivity contribution in [2.24, 2.45) is 0 Å². The minimum Gasteiger partial charge on any atom is -0.345 e. The molecule has 0 saturated carbocycles. The van der Waals surface area contributed by atoms with Crippen LogP contribution in [0.2, 0.25) is 0 Å². The van der Waals surface area contributed by atoms with Crippen LogP contribution in [-0.2, 0) is 22.4 Å². The number of nitrogens with one attached hydrogen (secondary N) is 1. The minimum absolute atomic E-state index is 0.0236. The topological polar surface area (TPSA) is 49.4 Å². The molecule has 0 bridgehead atoms. The number of aryl methyl sites for hydroxylation is 1. The number of carbonyl (C=O) groups is 2. The molecule has 1 aromatic carbocycles. The summed E-state index contributed by atoms with van der Waals surface area (Å²) in [5.74, 6) is 0.0322. The molecule has 1 aromatic rings. The van der Waals surface area contributed by atoms with Crippen LogP contribution in [0.15, 0.2) is 24.3 Å². The molecule has 0 aromatic heterocycles. The van der Waals surface area contributed by atoms with Crippen LogP contribution in [0.4, 0.5) is 0 Å². The van der Waals surface area contributed by atoms with Crippen LogP contribution < -0.4 is 5.32 Å². The summed E-state index contributed by atoms with van der Waals surface area (Å²) < 4.78 is 0. The molecule has 1 fully saturated rings. The van der Waals surface area contributed by atoms with E-state index in [4.69, 9.17) is 0 Å². The molecule has 4 heteroatoms. The monoisotopic (exact) mass is 272 g/mol. The van der Waals surface area contributed by atoms with E-state index in [2.05, 4.69) is 29.6 Å². The van der Waals surface area contributed by atoms with Crippen LogP contribution in [-0.4, -0.2) is 35.3 Å². The smallest absolute Gasteiger partial charge is 0.245 e. The van der Waals surface area contributed by atoms with Crippen LogP contribution in [0.5, 0.6) is 0 Å². The van der Waals surface area contributed by atoms with Gasteiger partial charge in [0.25, 0.3) is 0 Å². The lowest BCUT2D eigenvalue weighted by Crippen LogP contribution is -2.48. The highest BCUT2D eigenvalue weighted by Gasteiger charge is 2.33. The van der Waals surface area contributed by atoms with Crippen LogP contribution >= 0.6 is 0 Å². The van der Waals surface area contributed by atoms with Crippen molar-refractivity contribution < 1.29 is 9.59 Å². The Hall–Kier alpha value is -1.84. The number of fused-ring (bicyclic) bond motifs is 1. The van der Waals surface area contributed by atoms with Crippen LogP contribution in [0.3, 0.4) is 0 Å². The summed E-state index contributed by atoms with van der Waals surface area (Å²) in [5, 5.41) is 2.75. The quantitative estimate of drug-likeness (QED) is 0.837. The van der Waals surface area contributed by atoms with Crippen LogP contribution in [0.1, 0.15) is 30.9 Å². The maximum Gasteiger partial charge on any atom is 0.245 e. The Morgan fingerprint density at radius 2 is 1.90 bits per heavy atom. The van der Waals surface area contributed by atoms with Crippen molar-refractivity contribution in [3.8, 4) is 0 Å². The minimum atomic E-state index is -0.401. The number of nitrogens with zero attached hydrogens (tertiary/aromatic N) is 1. The van der Waals surface area contributed by atoms with E-state index in [0.717, 1.165) is 19.3 Å². The molecule has 2 aliphatic rings. The maximum atomic E-state index is 12.4. The maximum absolute atomic E-state index is 12.4. The van der Waals surface area contributed by atoms with E-state index in [1.807, 2.05) is 4.90 Å². The normalized spacial score (nSPS) is 26.8. The Morgan fingerprint density at radius 1 is 1.15 bits per heavy atom. The number of amides is 2. The molecule has 0 radical (unpaired) electrons. The van der Waals surface area contributed by atoms with Gasteiger partial charge in [0.15, 0.2) is 0 Å². The van der Waals surface area contributed by atoms with E-state index in [1.54, 1.807) is 6.92 Å². The summed E-state index contributed by atoms with van der Waals surface area (Å²) in [5.41, 5.74) is 2.74. The van der Waals surface area contributed by atoms with Gasteiger partial charge in [-0.15, -0.1) is 0 Å². The molecule has 1 heterocycles. The fourth-order valence-corrected chi connectivity index (χ4v) is 3.26. The number of rotatable bonds is 1. The molecule has 2 amide bonds. The van der Waals surface area contributed by atoms with E-state index >= 15 is 0 Å². The van der Waals surface area contributed by atoms with Crippen molar-refractivity contribution >= 4 is 11.8 Å². The predicted octanol–water partition coefficient (Wildman–Crippen LogP) is 1.28. The highest BCUT2D eigenvalue weighted by Crippen LogP contribution is 2.25. The molecular weight excluding hydrogens is 252 g/mol. The van der Waals surface area contributed by atoms with Crippen molar-refractivity contribution in [1.29, 1.82) is 0 Å². The fourth-order valence-electron chi connectivity index (χ4n) is 3.26. The molecule has 3 rings (SSSR count). The first-order valence-corrected chi connectivity index (χ1v) is 7.32. The molecule has 0 spiro atoms. The third kappa shape index (κ3) is 2.42. The SMILES string of the molecule is CC1NC(=O)CCN(C2CCc3ccccc3C2)C1=O. The Balaban J connectivity index is 1.79. The highest BCUT2D eigenvalue weighted by molar-refractivity contribution is 5.89. The highest BCUT2D eigenvalue weighted by atomic mass is 16.2. The van der Waals surface area contributed by atoms with Crippen molar-refractivity contribution in [3.05, 3.63) is 35.4 Å². The lowest BCUT2D eigenvalue weighted by atomic mass is 9.87. The first-order valence-electron chi connectivity index (χ1n) is 7.32. The van der Waals surface area contributed by atoms with Gasteiger partial charge in [-0.1, -0.05) is 24.3 Å². The number of hydrogen-bond acceptors (Lipinski definition) is 2. The number of benzene rings is 1. The van der Waals surface area contributed by atoms with Crippen LogP contribution in [0, 0.1) is 0 Å². The lowest BCUT2D eigenvalue weighted by molar-refractivity contribution is -0.135. The molecule has 1 N–H and O–H groups in total. The van der Waals surface area contributed by atoms with Crippen molar-refractivity contribution in [2.45, 2.75) is 44.7 Å². The average Bonchev–Trinajstić information content (AvgIpc) is 2.58. The first kappa shape index (κ1) is 13.2. The van der Waals surface area contributed by atoms with Crippen LogP contribution in [0.25, 0.3) is 0 Å². The van der Waals surface area contributed by atoms with Gasteiger partial charge >= 0.3 is 0 Å². The van der Waals surface area contributed by atoms with Gasteiger partial charge in [0.1, 0.15) is 6.04 Å². The van der Waals surface area contributed by atoms with Gasteiger partial charge in [-0.2, -0.15) is 0 Å². The van der Waals surface area contributed by atoms with Crippen molar-refractivity contribution in [1.82, 2.24) is 10.2 Å².